The second-order valence-corrected chi connectivity index (χ2v) is 14.8. The van der Waals surface area contributed by atoms with Crippen LogP contribution in [0.4, 0.5) is 22.0 Å². The molecule has 1 aromatic carbocycles. The number of rotatable bonds is 7. The molecule has 4 atom stereocenters. The van der Waals surface area contributed by atoms with E-state index in [-0.39, 0.29) is 23.8 Å². The first-order valence-electron chi connectivity index (χ1n) is 10.6. The molecule has 33 heavy (non-hydrogen) atoms. The topological polar surface area (TPSA) is 65.0 Å². The highest BCUT2D eigenvalue weighted by molar-refractivity contribution is 6.74. The molecule has 1 fully saturated rings. The summed E-state index contributed by atoms with van der Waals surface area (Å²) in [6.45, 7) is 11.8. The number of benzene rings is 1. The molecule has 0 saturated carbocycles. The fraction of sp³-hybridized carbons (Fsp3) is 0.682. The Morgan fingerprint density at radius 1 is 1.18 bits per heavy atom. The first-order valence-corrected chi connectivity index (χ1v) is 13.5. The molecule has 5 nitrogen and oxygen atoms in total. The normalized spacial score (nSPS) is 26.5. The van der Waals surface area contributed by atoms with Crippen LogP contribution in [0.5, 0.6) is 5.75 Å². The van der Waals surface area contributed by atoms with Crippen LogP contribution >= 0.6 is 0 Å². The van der Waals surface area contributed by atoms with E-state index in [1.54, 1.807) is 0 Å². The molecule has 0 aromatic heterocycles. The maximum Gasteiger partial charge on any atom is 0.417 e. The van der Waals surface area contributed by atoms with E-state index in [0.29, 0.717) is 0 Å². The smallest absolute Gasteiger partial charge is 0.417 e. The van der Waals surface area contributed by atoms with Crippen LogP contribution in [0.25, 0.3) is 0 Å². The van der Waals surface area contributed by atoms with E-state index in [4.69, 9.17) is 13.9 Å². The summed E-state index contributed by atoms with van der Waals surface area (Å²) in [5, 5.41) is 9.44. The van der Waals surface area contributed by atoms with Crippen molar-refractivity contribution in [1.82, 2.24) is 0 Å². The van der Waals surface area contributed by atoms with Crippen molar-refractivity contribution in [2.45, 2.75) is 76.6 Å². The first kappa shape index (κ1) is 27.5. The van der Waals surface area contributed by atoms with E-state index in [1.807, 2.05) is 33.9 Å². The van der Waals surface area contributed by atoms with Crippen LogP contribution in [0.3, 0.4) is 0 Å². The molecule has 1 saturated heterocycles. The van der Waals surface area contributed by atoms with Crippen molar-refractivity contribution in [2.24, 2.45) is 5.92 Å². The molecule has 11 heteroatoms. The Bertz CT molecular complexity index is 883. The lowest BCUT2D eigenvalue weighted by molar-refractivity contribution is -0.273. The van der Waals surface area contributed by atoms with Crippen molar-refractivity contribution in [2.75, 3.05) is 13.2 Å². The molecule has 1 aliphatic rings. The number of hydrogen-bond donors (Lipinski definition) is 1. The fourth-order valence-electron chi connectivity index (χ4n) is 3.62. The molecule has 0 spiro atoms. The lowest BCUT2D eigenvalue weighted by Crippen LogP contribution is -2.47. The largest absolute Gasteiger partial charge is 0.488 e. The molecular formula is C22H31F5O5Si. The summed E-state index contributed by atoms with van der Waals surface area (Å²) in [6, 6.07) is 1.78. The maximum atomic E-state index is 14.7. The molecule has 1 aliphatic heterocycles. The Balaban J connectivity index is 2.39. The van der Waals surface area contributed by atoms with E-state index in [2.05, 4.69) is 0 Å². The van der Waals surface area contributed by atoms with Crippen LogP contribution in [0, 0.1) is 17.6 Å². The number of hydrogen-bond acceptors (Lipinski definition) is 4. The zero-order chi connectivity index (χ0) is 25.6. The maximum absolute atomic E-state index is 14.7. The van der Waals surface area contributed by atoms with Gasteiger partial charge in [-0.25, -0.2) is 9.18 Å². The molecule has 188 valence electrons. The predicted octanol–water partition coefficient (Wildman–Crippen LogP) is 5.89. The average molecular weight is 499 g/mol. The zero-order valence-electron chi connectivity index (χ0n) is 19.8. The molecule has 4 unspecified atom stereocenters. The minimum absolute atomic E-state index is 0.0469. The molecule has 1 heterocycles. The summed E-state index contributed by atoms with van der Waals surface area (Å²) in [5.41, 5.74) is -3.00. The fourth-order valence-corrected chi connectivity index (χ4v) is 4.65. The minimum Gasteiger partial charge on any atom is -0.488 e. The van der Waals surface area contributed by atoms with Crippen LogP contribution in [-0.4, -0.2) is 50.5 Å². The SMILES string of the molecule is CC1C(c2ccc(F)c(F)c2OCCO[Si](C)(C)C(C)(C)C)C(C(=O)O)OC1(C)C(F)(F)F. The Kier molecular flexibility index (Phi) is 7.62. The lowest BCUT2D eigenvalue weighted by atomic mass is 9.77. The molecule has 2 rings (SSSR count). The van der Waals surface area contributed by atoms with Gasteiger partial charge in [-0.15, -0.1) is 0 Å². The van der Waals surface area contributed by atoms with Gasteiger partial charge in [-0.2, -0.15) is 17.6 Å². The van der Waals surface area contributed by atoms with Crippen molar-refractivity contribution in [3.8, 4) is 5.75 Å². The highest BCUT2D eigenvalue weighted by Crippen LogP contribution is 2.54. The van der Waals surface area contributed by atoms with E-state index in [9.17, 15) is 31.9 Å². The van der Waals surface area contributed by atoms with Gasteiger partial charge < -0.3 is 19.0 Å². The number of carbonyl (C=O) groups is 1. The van der Waals surface area contributed by atoms with E-state index in [1.165, 1.54) is 6.92 Å². The van der Waals surface area contributed by atoms with Crippen LogP contribution in [0.2, 0.25) is 18.1 Å². The van der Waals surface area contributed by atoms with Gasteiger partial charge in [-0.05, 0) is 31.1 Å². The molecule has 0 aliphatic carbocycles. The number of carboxylic acid groups (broad SMARTS) is 1. The average Bonchev–Trinajstić information content (AvgIpc) is 2.94. The summed E-state index contributed by atoms with van der Waals surface area (Å²) < 4.78 is 86.2. The standard InChI is InChI=1S/C22H31F5O5Si/c1-12-15(18(19(28)29)32-21(12,5)22(25,26)27)13-8-9-14(23)16(24)17(13)30-10-11-31-33(6,7)20(2,3)4/h8-9,12,15,18H,10-11H2,1-7H3,(H,28,29). The Morgan fingerprint density at radius 2 is 1.76 bits per heavy atom. The van der Waals surface area contributed by atoms with E-state index >= 15 is 0 Å². The summed E-state index contributed by atoms with van der Waals surface area (Å²) >= 11 is 0. The summed E-state index contributed by atoms with van der Waals surface area (Å²) in [5.74, 6) is -7.80. The van der Waals surface area contributed by atoms with Crippen LogP contribution < -0.4 is 4.74 Å². The van der Waals surface area contributed by atoms with Gasteiger partial charge in [0.15, 0.2) is 31.6 Å². The van der Waals surface area contributed by atoms with Gasteiger partial charge in [0.1, 0.15) is 6.61 Å². The summed E-state index contributed by atoms with van der Waals surface area (Å²) in [7, 11) is -2.15. The number of carboxylic acids is 1. The summed E-state index contributed by atoms with van der Waals surface area (Å²) in [6.07, 6.45) is -6.81. The van der Waals surface area contributed by atoms with Gasteiger partial charge >= 0.3 is 12.1 Å². The van der Waals surface area contributed by atoms with Crippen LogP contribution in [0.1, 0.15) is 46.1 Å². The van der Waals surface area contributed by atoms with Crippen molar-refractivity contribution < 1.29 is 45.8 Å². The first-order chi connectivity index (χ1) is 14.8. The summed E-state index contributed by atoms with van der Waals surface area (Å²) in [4.78, 5) is 11.8. The molecule has 0 radical (unpaired) electrons. The second kappa shape index (κ2) is 9.14. The van der Waals surface area contributed by atoms with E-state index in [0.717, 1.165) is 19.1 Å². The highest BCUT2D eigenvalue weighted by Gasteiger charge is 2.66. The monoisotopic (exact) mass is 498 g/mol. The Morgan fingerprint density at radius 3 is 2.24 bits per heavy atom. The third-order valence-electron chi connectivity index (χ3n) is 6.95. The minimum atomic E-state index is -4.88. The second-order valence-electron chi connectivity index (χ2n) is 10.0. The van der Waals surface area contributed by atoms with Crippen molar-refractivity contribution >= 4 is 14.3 Å². The van der Waals surface area contributed by atoms with Crippen LogP contribution in [0.15, 0.2) is 12.1 Å². The number of alkyl halides is 3. The zero-order valence-corrected chi connectivity index (χ0v) is 20.8. The van der Waals surface area contributed by atoms with Gasteiger partial charge in [0.05, 0.1) is 6.61 Å². The number of aliphatic carboxylic acids is 1. The van der Waals surface area contributed by atoms with E-state index < -0.39 is 61.4 Å². The van der Waals surface area contributed by atoms with Crippen LogP contribution in [-0.2, 0) is 14.0 Å². The van der Waals surface area contributed by atoms with Gasteiger partial charge in [0, 0.05) is 17.4 Å². The molecular weight excluding hydrogens is 467 g/mol. The van der Waals surface area contributed by atoms with Crippen molar-refractivity contribution in [3.05, 3.63) is 29.3 Å². The molecule has 1 aromatic rings. The number of halogens is 5. The molecule has 0 bridgehead atoms. The van der Waals surface area contributed by atoms with Crippen molar-refractivity contribution in [1.29, 1.82) is 0 Å². The third kappa shape index (κ3) is 5.19. The lowest BCUT2D eigenvalue weighted by Gasteiger charge is -2.36. The van der Waals surface area contributed by atoms with Gasteiger partial charge in [0.2, 0.25) is 5.82 Å². The molecule has 0 amide bonds. The molecule has 1 N–H and O–H groups in total. The highest BCUT2D eigenvalue weighted by atomic mass is 28.4. The number of ether oxygens (including phenoxy) is 2. The Hall–Kier alpha value is -1.72. The van der Waals surface area contributed by atoms with Gasteiger partial charge in [-0.1, -0.05) is 33.8 Å². The van der Waals surface area contributed by atoms with Gasteiger partial charge in [0.25, 0.3) is 0 Å². The Labute approximate surface area is 191 Å². The third-order valence-corrected chi connectivity index (χ3v) is 11.5. The van der Waals surface area contributed by atoms with Crippen molar-refractivity contribution in [3.63, 3.8) is 0 Å². The van der Waals surface area contributed by atoms with Gasteiger partial charge in [-0.3, -0.25) is 0 Å². The predicted molar refractivity (Wildman–Crippen MR) is 114 cm³/mol. The quantitative estimate of drug-likeness (QED) is 0.289.